The molecule has 0 amide bonds. The molecule has 0 aromatic carbocycles. The second kappa shape index (κ2) is 2.66. The Labute approximate surface area is 84.7 Å². The Hall–Kier alpha value is -0.170. The van der Waals surface area contributed by atoms with E-state index in [1.165, 1.54) is 0 Å². The largest absolute Gasteiger partial charge is 0.249 e. The fourth-order valence-electron chi connectivity index (χ4n) is 1.31. The second-order valence-corrected chi connectivity index (χ2v) is 6.05. The van der Waals surface area contributed by atoms with Crippen molar-refractivity contribution in [1.82, 2.24) is 4.98 Å². The summed E-state index contributed by atoms with van der Waals surface area (Å²) >= 11 is 2.12. The van der Waals surface area contributed by atoms with Crippen LogP contribution in [0.3, 0.4) is 0 Å². The molecule has 2 rings (SSSR count). The molecule has 5 heteroatoms. The number of halogens is 1. The lowest BCUT2D eigenvalue weighted by Gasteiger charge is -1.98. The van der Waals surface area contributed by atoms with Gasteiger partial charge in [0.2, 0.25) is 0 Å². The summed E-state index contributed by atoms with van der Waals surface area (Å²) < 4.78 is 20.0. The summed E-state index contributed by atoms with van der Waals surface area (Å²) in [6, 6.07) is 1.91. The van der Waals surface area contributed by atoms with Crippen molar-refractivity contribution >= 4 is 32.3 Å². The highest BCUT2D eigenvalue weighted by molar-refractivity contribution is 14.1. The number of hydrogen-bond donors (Lipinski definition) is 1. The van der Waals surface area contributed by atoms with Crippen molar-refractivity contribution in [1.29, 1.82) is 4.78 Å². The van der Waals surface area contributed by atoms with Gasteiger partial charge in [-0.15, -0.1) is 0 Å². The van der Waals surface area contributed by atoms with E-state index in [2.05, 4.69) is 27.6 Å². The first-order valence-electron chi connectivity index (χ1n) is 3.50. The molecule has 0 saturated heterocycles. The fourth-order valence-corrected chi connectivity index (χ4v) is 3.36. The number of aromatic nitrogens is 1. The number of nitrogens with one attached hydrogen (secondary N) is 1. The zero-order valence-corrected chi connectivity index (χ0v) is 9.18. The second-order valence-electron chi connectivity index (χ2n) is 2.74. The molecule has 0 aliphatic carbocycles. The van der Waals surface area contributed by atoms with Gasteiger partial charge in [0.15, 0.2) is 0 Å². The van der Waals surface area contributed by atoms with E-state index in [-0.39, 0.29) is 0 Å². The third kappa shape index (κ3) is 1.24. The van der Waals surface area contributed by atoms with Gasteiger partial charge >= 0.3 is 0 Å². The third-order valence-electron chi connectivity index (χ3n) is 1.93. The van der Waals surface area contributed by atoms with Crippen LogP contribution < -0.4 is 0 Å². The minimum absolute atomic E-state index is 0.462. The highest BCUT2D eigenvalue weighted by atomic mass is 127. The molecule has 1 aromatic rings. The van der Waals surface area contributed by atoms with Crippen LogP contribution in [0.2, 0.25) is 0 Å². The first-order chi connectivity index (χ1) is 5.59. The van der Waals surface area contributed by atoms with E-state index in [9.17, 15) is 4.21 Å². The Morgan fingerprint density at radius 2 is 2.42 bits per heavy atom. The minimum Gasteiger partial charge on any atom is -0.249 e. The van der Waals surface area contributed by atoms with Crippen molar-refractivity contribution in [2.75, 3.05) is 5.75 Å². The molecular formula is C7H7IN2OS. The monoisotopic (exact) mass is 294 g/mol. The minimum atomic E-state index is -2.49. The molecule has 0 bridgehead atoms. The van der Waals surface area contributed by atoms with Gasteiger partial charge in [-0.05, 0) is 40.6 Å². The molecule has 64 valence electrons. The average molecular weight is 294 g/mol. The molecule has 0 saturated carbocycles. The van der Waals surface area contributed by atoms with E-state index in [0.29, 0.717) is 10.6 Å². The molecule has 0 radical (unpaired) electrons. The zero-order chi connectivity index (χ0) is 8.77. The molecule has 1 N–H and O–H groups in total. The summed E-state index contributed by atoms with van der Waals surface area (Å²) in [6.45, 7) is 0. The molecule has 2 heterocycles. The van der Waals surface area contributed by atoms with E-state index in [4.69, 9.17) is 4.78 Å². The predicted octanol–water partition coefficient (Wildman–Crippen LogP) is 1.65. The smallest absolute Gasteiger partial charge is 0.101 e. The number of aryl methyl sites for hydroxylation is 1. The molecule has 3 nitrogen and oxygen atoms in total. The van der Waals surface area contributed by atoms with Crippen molar-refractivity contribution in [3.8, 4) is 0 Å². The van der Waals surface area contributed by atoms with E-state index in [1.54, 1.807) is 6.20 Å². The van der Waals surface area contributed by atoms with Gasteiger partial charge < -0.3 is 0 Å². The van der Waals surface area contributed by atoms with Crippen molar-refractivity contribution < 1.29 is 4.21 Å². The fraction of sp³-hybridized carbons (Fsp3) is 0.286. The van der Waals surface area contributed by atoms with Crippen LogP contribution >= 0.6 is 22.6 Å². The summed E-state index contributed by atoms with van der Waals surface area (Å²) in [4.78, 5) is 4.68. The van der Waals surface area contributed by atoms with Crippen molar-refractivity contribution in [2.45, 2.75) is 11.3 Å². The standard InChI is InChI=1S/C7H7IN2OS/c8-7-3-5-1-2-12(9,11)6(5)4-10-7/h3-4,9H,1-2H2. The number of pyridine rings is 1. The average Bonchev–Trinajstić information content (AvgIpc) is 2.27. The lowest BCUT2D eigenvalue weighted by Crippen LogP contribution is -1.96. The topological polar surface area (TPSA) is 53.8 Å². The maximum absolute atomic E-state index is 11.5. The van der Waals surface area contributed by atoms with Crippen LogP contribution in [0.25, 0.3) is 0 Å². The van der Waals surface area contributed by atoms with Crippen molar-refractivity contribution in [2.24, 2.45) is 0 Å². The van der Waals surface area contributed by atoms with Crippen molar-refractivity contribution in [3.63, 3.8) is 0 Å². The molecule has 0 fully saturated rings. The van der Waals surface area contributed by atoms with Gasteiger partial charge in [-0.1, -0.05) is 0 Å². The van der Waals surface area contributed by atoms with Crippen LogP contribution in [-0.4, -0.2) is 14.9 Å². The van der Waals surface area contributed by atoms with Gasteiger partial charge in [-0.2, -0.15) is 0 Å². The van der Waals surface area contributed by atoms with Gasteiger partial charge in [0, 0.05) is 11.9 Å². The Balaban J connectivity index is 2.71. The van der Waals surface area contributed by atoms with Gasteiger partial charge in [-0.3, -0.25) is 0 Å². The quantitative estimate of drug-likeness (QED) is 0.584. The predicted molar refractivity (Wildman–Crippen MR) is 54.7 cm³/mol. The highest BCUT2D eigenvalue weighted by Gasteiger charge is 2.22. The summed E-state index contributed by atoms with van der Waals surface area (Å²) in [6.07, 6.45) is 2.34. The summed E-state index contributed by atoms with van der Waals surface area (Å²) in [5, 5.41) is 0. The third-order valence-corrected chi connectivity index (χ3v) is 4.38. The summed E-state index contributed by atoms with van der Waals surface area (Å²) in [5.41, 5.74) is 1.04. The summed E-state index contributed by atoms with van der Waals surface area (Å²) in [7, 11) is -2.49. The Kier molecular flexibility index (Phi) is 1.87. The van der Waals surface area contributed by atoms with E-state index >= 15 is 0 Å². The van der Waals surface area contributed by atoms with E-state index < -0.39 is 9.73 Å². The number of fused-ring (bicyclic) bond motifs is 1. The molecule has 0 spiro atoms. The first-order valence-corrected chi connectivity index (χ1v) is 6.31. The van der Waals surface area contributed by atoms with Gasteiger partial charge in [-0.25, -0.2) is 14.0 Å². The highest BCUT2D eigenvalue weighted by Crippen LogP contribution is 2.26. The van der Waals surface area contributed by atoms with Gasteiger partial charge in [0.1, 0.15) is 3.70 Å². The molecule has 1 atom stereocenters. The molecule has 1 aliphatic rings. The SMILES string of the molecule is N=S1(=O)CCc2cc(I)ncc21. The Morgan fingerprint density at radius 3 is 3.17 bits per heavy atom. The van der Waals surface area contributed by atoms with Crippen LogP contribution in [0.1, 0.15) is 5.56 Å². The van der Waals surface area contributed by atoms with Gasteiger partial charge in [0.25, 0.3) is 0 Å². The van der Waals surface area contributed by atoms with E-state index in [0.717, 1.165) is 15.7 Å². The first kappa shape index (κ1) is 8.43. The lowest BCUT2D eigenvalue weighted by molar-refractivity contribution is 0.677. The molecular weight excluding hydrogens is 287 g/mol. The Bertz CT molecular complexity index is 427. The van der Waals surface area contributed by atoms with Crippen molar-refractivity contribution in [3.05, 3.63) is 21.5 Å². The summed E-state index contributed by atoms with van der Waals surface area (Å²) in [5.74, 6) is 0.462. The van der Waals surface area contributed by atoms with Crippen LogP contribution in [0.5, 0.6) is 0 Å². The maximum atomic E-state index is 11.5. The normalized spacial score (nSPS) is 27.1. The van der Waals surface area contributed by atoms with Crippen LogP contribution in [0.15, 0.2) is 17.2 Å². The molecule has 1 aliphatic heterocycles. The van der Waals surface area contributed by atoms with Crippen LogP contribution in [-0.2, 0) is 16.1 Å². The number of hydrogen-bond acceptors (Lipinski definition) is 3. The lowest BCUT2D eigenvalue weighted by atomic mass is 10.2. The number of nitrogens with zero attached hydrogens (tertiary/aromatic N) is 1. The number of rotatable bonds is 0. The Morgan fingerprint density at radius 1 is 1.67 bits per heavy atom. The zero-order valence-electron chi connectivity index (χ0n) is 6.21. The van der Waals surface area contributed by atoms with Crippen LogP contribution in [0, 0.1) is 8.48 Å². The van der Waals surface area contributed by atoms with Crippen LogP contribution in [0.4, 0.5) is 0 Å². The van der Waals surface area contributed by atoms with E-state index in [1.807, 2.05) is 6.07 Å². The van der Waals surface area contributed by atoms with Gasteiger partial charge in [0.05, 0.1) is 14.6 Å². The molecule has 1 aromatic heterocycles. The maximum Gasteiger partial charge on any atom is 0.101 e. The molecule has 12 heavy (non-hydrogen) atoms. The molecule has 1 unspecified atom stereocenters.